The lowest BCUT2D eigenvalue weighted by molar-refractivity contribution is 0.101. The molecule has 0 amide bonds. The maximum Gasteiger partial charge on any atom is 0.165 e. The molecular formula is C18H28FNO. The van der Waals surface area contributed by atoms with Gasteiger partial charge in [0.05, 0.1) is 7.11 Å². The highest BCUT2D eigenvalue weighted by atomic mass is 19.1. The van der Waals surface area contributed by atoms with Gasteiger partial charge in [-0.2, -0.15) is 0 Å². The van der Waals surface area contributed by atoms with Crippen LogP contribution >= 0.6 is 0 Å². The Morgan fingerprint density at radius 1 is 1.38 bits per heavy atom. The molecule has 2 nitrogen and oxygen atoms in total. The first-order chi connectivity index (χ1) is 9.97. The fraction of sp³-hybridized carbons (Fsp3) is 0.667. The van der Waals surface area contributed by atoms with Crippen molar-refractivity contribution in [3.8, 4) is 5.75 Å². The van der Waals surface area contributed by atoms with Gasteiger partial charge in [-0.25, -0.2) is 4.39 Å². The second kappa shape index (κ2) is 6.78. The summed E-state index contributed by atoms with van der Waals surface area (Å²) in [7, 11) is 3.52. The number of rotatable bonds is 5. The molecule has 1 aromatic carbocycles. The first-order valence-corrected chi connectivity index (χ1v) is 7.97. The molecule has 0 aliphatic heterocycles. The molecule has 1 N–H and O–H groups in total. The van der Waals surface area contributed by atoms with E-state index in [1.165, 1.54) is 32.8 Å². The maximum atomic E-state index is 13.9. The van der Waals surface area contributed by atoms with E-state index in [1.54, 1.807) is 12.1 Å². The molecule has 21 heavy (non-hydrogen) atoms. The van der Waals surface area contributed by atoms with Crippen molar-refractivity contribution < 1.29 is 9.13 Å². The monoisotopic (exact) mass is 293 g/mol. The highest BCUT2D eigenvalue weighted by molar-refractivity contribution is 5.29. The number of ether oxygens (including phenoxy) is 1. The van der Waals surface area contributed by atoms with Crippen molar-refractivity contribution in [2.45, 2.75) is 52.0 Å². The summed E-state index contributed by atoms with van der Waals surface area (Å²) in [4.78, 5) is 0. The molecule has 0 saturated heterocycles. The average molecular weight is 293 g/mol. The quantitative estimate of drug-likeness (QED) is 0.879. The van der Waals surface area contributed by atoms with Gasteiger partial charge in [0, 0.05) is 6.04 Å². The van der Waals surface area contributed by atoms with E-state index in [0.717, 1.165) is 12.0 Å². The minimum atomic E-state index is -0.271. The molecule has 0 radical (unpaired) electrons. The van der Waals surface area contributed by atoms with Crippen LogP contribution in [0.2, 0.25) is 0 Å². The highest BCUT2D eigenvalue weighted by Crippen LogP contribution is 2.43. The molecule has 0 bridgehead atoms. The van der Waals surface area contributed by atoms with Crippen LogP contribution in [0.4, 0.5) is 4.39 Å². The molecule has 2 atom stereocenters. The number of methoxy groups -OCH3 is 1. The zero-order chi connectivity index (χ0) is 15.5. The van der Waals surface area contributed by atoms with Gasteiger partial charge in [0.15, 0.2) is 11.6 Å². The van der Waals surface area contributed by atoms with Crippen LogP contribution in [-0.2, 0) is 6.42 Å². The number of halogens is 1. The SMILES string of the molecule is CNC(Cc1ccc(OC)c(F)c1)C1CCCCC1(C)C. The summed E-state index contributed by atoms with van der Waals surface area (Å²) in [6, 6.07) is 5.71. The summed E-state index contributed by atoms with van der Waals surface area (Å²) >= 11 is 0. The summed E-state index contributed by atoms with van der Waals surface area (Å²) in [6.45, 7) is 4.74. The van der Waals surface area contributed by atoms with Gasteiger partial charge in [-0.1, -0.05) is 32.8 Å². The van der Waals surface area contributed by atoms with Crippen molar-refractivity contribution in [2.75, 3.05) is 14.2 Å². The molecule has 3 heteroatoms. The summed E-state index contributed by atoms with van der Waals surface area (Å²) in [5.41, 5.74) is 1.39. The van der Waals surface area contributed by atoms with Crippen molar-refractivity contribution in [2.24, 2.45) is 11.3 Å². The zero-order valence-electron chi connectivity index (χ0n) is 13.7. The van der Waals surface area contributed by atoms with Crippen LogP contribution in [0.5, 0.6) is 5.75 Å². The molecule has 0 aromatic heterocycles. The first-order valence-electron chi connectivity index (χ1n) is 7.97. The Hall–Kier alpha value is -1.09. The molecule has 1 aliphatic carbocycles. The molecule has 0 spiro atoms. The molecule has 2 rings (SSSR count). The van der Waals surface area contributed by atoms with Gasteiger partial charge < -0.3 is 10.1 Å². The number of nitrogens with one attached hydrogen (secondary N) is 1. The third-order valence-corrected chi connectivity index (χ3v) is 5.12. The normalized spacial score (nSPS) is 22.8. The molecule has 1 fully saturated rings. The van der Waals surface area contributed by atoms with Crippen LogP contribution in [0.3, 0.4) is 0 Å². The lowest BCUT2D eigenvalue weighted by atomic mass is 9.65. The van der Waals surface area contributed by atoms with Gasteiger partial charge in [0.2, 0.25) is 0 Å². The van der Waals surface area contributed by atoms with Crippen molar-refractivity contribution >= 4 is 0 Å². The smallest absolute Gasteiger partial charge is 0.165 e. The Labute approximate surface area is 128 Å². The summed E-state index contributed by atoms with van der Waals surface area (Å²) < 4.78 is 18.8. The fourth-order valence-electron chi connectivity index (χ4n) is 3.80. The van der Waals surface area contributed by atoms with Crippen molar-refractivity contribution in [1.29, 1.82) is 0 Å². The molecule has 118 valence electrons. The van der Waals surface area contributed by atoms with E-state index in [2.05, 4.69) is 19.2 Å². The Morgan fingerprint density at radius 3 is 2.71 bits per heavy atom. The van der Waals surface area contributed by atoms with Crippen molar-refractivity contribution in [3.63, 3.8) is 0 Å². The van der Waals surface area contributed by atoms with Gasteiger partial charge in [-0.05, 0) is 55.3 Å². The third kappa shape index (κ3) is 3.76. The van der Waals surface area contributed by atoms with Crippen LogP contribution in [0, 0.1) is 17.2 Å². The number of likely N-dealkylation sites (N-methyl/N-ethyl adjacent to an activating group) is 1. The Morgan fingerprint density at radius 2 is 2.14 bits per heavy atom. The van der Waals surface area contributed by atoms with Crippen molar-refractivity contribution in [3.05, 3.63) is 29.6 Å². The predicted octanol–water partition coefficient (Wildman–Crippen LogP) is 4.18. The molecule has 1 aromatic rings. The predicted molar refractivity (Wildman–Crippen MR) is 85.2 cm³/mol. The van der Waals surface area contributed by atoms with Crippen LogP contribution < -0.4 is 10.1 Å². The molecule has 2 unspecified atom stereocenters. The number of hydrogen-bond donors (Lipinski definition) is 1. The molecule has 1 aliphatic rings. The molecule has 1 saturated carbocycles. The Kier molecular flexibility index (Phi) is 5.26. The number of benzene rings is 1. The van der Waals surface area contributed by atoms with E-state index in [9.17, 15) is 4.39 Å². The maximum absolute atomic E-state index is 13.9. The second-order valence-corrected chi connectivity index (χ2v) is 6.91. The van der Waals surface area contributed by atoms with E-state index in [0.29, 0.717) is 23.1 Å². The van der Waals surface area contributed by atoms with Gasteiger partial charge in [0.1, 0.15) is 0 Å². The van der Waals surface area contributed by atoms with Crippen LogP contribution in [0.25, 0.3) is 0 Å². The van der Waals surface area contributed by atoms with E-state index in [-0.39, 0.29) is 5.82 Å². The minimum Gasteiger partial charge on any atom is -0.494 e. The lowest BCUT2D eigenvalue weighted by Crippen LogP contribution is -2.44. The fourth-order valence-corrected chi connectivity index (χ4v) is 3.80. The van der Waals surface area contributed by atoms with Gasteiger partial charge in [-0.15, -0.1) is 0 Å². The Balaban J connectivity index is 2.13. The van der Waals surface area contributed by atoms with Gasteiger partial charge >= 0.3 is 0 Å². The lowest BCUT2D eigenvalue weighted by Gasteiger charge is -2.43. The molecular weight excluding hydrogens is 265 g/mol. The van der Waals surface area contributed by atoms with Gasteiger partial charge in [-0.3, -0.25) is 0 Å². The highest BCUT2D eigenvalue weighted by Gasteiger charge is 2.36. The zero-order valence-corrected chi connectivity index (χ0v) is 13.7. The minimum absolute atomic E-state index is 0.271. The van der Waals surface area contributed by atoms with Crippen LogP contribution in [-0.4, -0.2) is 20.2 Å². The summed E-state index contributed by atoms with van der Waals surface area (Å²) in [6.07, 6.45) is 6.05. The van der Waals surface area contributed by atoms with Crippen LogP contribution in [0.1, 0.15) is 45.1 Å². The first kappa shape index (κ1) is 16.3. The van der Waals surface area contributed by atoms with E-state index >= 15 is 0 Å². The van der Waals surface area contributed by atoms with Crippen LogP contribution in [0.15, 0.2) is 18.2 Å². The number of hydrogen-bond acceptors (Lipinski definition) is 2. The second-order valence-electron chi connectivity index (χ2n) is 6.91. The topological polar surface area (TPSA) is 21.3 Å². The molecule has 0 heterocycles. The largest absolute Gasteiger partial charge is 0.494 e. The summed E-state index contributed by atoms with van der Waals surface area (Å²) in [5, 5.41) is 3.47. The van der Waals surface area contributed by atoms with E-state index in [1.807, 2.05) is 13.1 Å². The Bertz CT molecular complexity index is 472. The average Bonchev–Trinajstić information content (AvgIpc) is 2.45. The van der Waals surface area contributed by atoms with E-state index < -0.39 is 0 Å². The third-order valence-electron chi connectivity index (χ3n) is 5.12. The summed E-state index contributed by atoms with van der Waals surface area (Å²) in [5.74, 6) is 0.687. The van der Waals surface area contributed by atoms with Crippen molar-refractivity contribution in [1.82, 2.24) is 5.32 Å². The standard InChI is InChI=1S/C18H28FNO/c1-18(2)10-6-5-7-14(18)16(20-3)12-13-8-9-17(21-4)15(19)11-13/h8-9,11,14,16,20H,5-7,10,12H2,1-4H3. The van der Waals surface area contributed by atoms with Gasteiger partial charge in [0.25, 0.3) is 0 Å². The van der Waals surface area contributed by atoms with E-state index in [4.69, 9.17) is 4.74 Å².